The summed E-state index contributed by atoms with van der Waals surface area (Å²) in [5.74, 6) is -0.0877. The standard InChI is InChI=1S/C15H19NO4/c1-19-15(18)12-6-2-3-7-13(12)16-14(17)9-8-11-5-4-10-20-11/h4-5,8-10,12-13H,2-3,6-7H2,1H3,(H,16,17)/b9-8+/t12-,13-/m0/s1. The van der Waals surface area contributed by atoms with Crippen molar-refractivity contribution in [3.63, 3.8) is 0 Å². The summed E-state index contributed by atoms with van der Waals surface area (Å²) in [6.07, 6.45) is 8.15. The van der Waals surface area contributed by atoms with Crippen LogP contribution >= 0.6 is 0 Å². The van der Waals surface area contributed by atoms with Crippen LogP contribution in [0.3, 0.4) is 0 Å². The van der Waals surface area contributed by atoms with E-state index in [0.29, 0.717) is 5.76 Å². The zero-order valence-electron chi connectivity index (χ0n) is 11.5. The van der Waals surface area contributed by atoms with E-state index in [0.717, 1.165) is 25.7 Å². The zero-order valence-corrected chi connectivity index (χ0v) is 11.5. The molecule has 1 N–H and O–H groups in total. The number of carbonyl (C=O) groups is 2. The van der Waals surface area contributed by atoms with Crippen molar-refractivity contribution in [1.82, 2.24) is 5.32 Å². The minimum absolute atomic E-state index is 0.148. The quantitative estimate of drug-likeness (QED) is 0.676. The number of hydrogen-bond donors (Lipinski definition) is 1. The zero-order chi connectivity index (χ0) is 14.4. The molecule has 0 aromatic carbocycles. The Hall–Kier alpha value is -2.04. The van der Waals surface area contributed by atoms with E-state index < -0.39 is 0 Å². The first kappa shape index (κ1) is 14.4. The minimum Gasteiger partial charge on any atom is -0.469 e. The molecular formula is C15H19NO4. The average Bonchev–Trinajstić information content (AvgIpc) is 2.98. The van der Waals surface area contributed by atoms with E-state index >= 15 is 0 Å². The fraction of sp³-hybridized carbons (Fsp3) is 0.467. The van der Waals surface area contributed by atoms with Crippen molar-refractivity contribution >= 4 is 18.0 Å². The molecule has 5 heteroatoms. The van der Waals surface area contributed by atoms with Crippen molar-refractivity contribution in [3.8, 4) is 0 Å². The fourth-order valence-corrected chi connectivity index (χ4v) is 2.51. The largest absolute Gasteiger partial charge is 0.469 e. The molecule has 0 bridgehead atoms. The van der Waals surface area contributed by atoms with Gasteiger partial charge in [-0.25, -0.2) is 0 Å². The van der Waals surface area contributed by atoms with Crippen LogP contribution in [0.15, 0.2) is 28.9 Å². The first-order chi connectivity index (χ1) is 9.70. The molecule has 1 aliphatic carbocycles. The van der Waals surface area contributed by atoms with E-state index in [2.05, 4.69) is 5.32 Å². The number of hydrogen-bond acceptors (Lipinski definition) is 4. The van der Waals surface area contributed by atoms with Gasteiger partial charge in [-0.3, -0.25) is 9.59 Å². The Bertz CT molecular complexity index is 478. The summed E-state index contributed by atoms with van der Waals surface area (Å²) in [6, 6.07) is 3.37. The summed E-state index contributed by atoms with van der Waals surface area (Å²) in [6.45, 7) is 0. The van der Waals surface area contributed by atoms with Crippen molar-refractivity contribution in [1.29, 1.82) is 0 Å². The van der Waals surface area contributed by atoms with Crippen LogP contribution in [0.5, 0.6) is 0 Å². The molecule has 1 aliphatic rings. The number of amides is 1. The molecule has 1 aromatic heterocycles. The molecule has 20 heavy (non-hydrogen) atoms. The lowest BCUT2D eigenvalue weighted by molar-refractivity contribution is -0.147. The highest BCUT2D eigenvalue weighted by atomic mass is 16.5. The Balaban J connectivity index is 1.93. The SMILES string of the molecule is COC(=O)[C@H]1CCCC[C@@H]1NC(=O)/C=C/c1ccco1. The summed E-state index contributed by atoms with van der Waals surface area (Å²) >= 11 is 0. The van der Waals surface area contributed by atoms with E-state index in [-0.39, 0.29) is 23.8 Å². The summed E-state index contributed by atoms with van der Waals surface area (Å²) < 4.78 is 9.91. The Morgan fingerprint density at radius 1 is 1.40 bits per heavy atom. The number of nitrogens with one attached hydrogen (secondary N) is 1. The summed E-state index contributed by atoms with van der Waals surface area (Å²) in [4.78, 5) is 23.6. The predicted molar refractivity (Wildman–Crippen MR) is 73.6 cm³/mol. The molecule has 2 atom stereocenters. The Labute approximate surface area is 118 Å². The molecule has 0 saturated heterocycles. The maximum absolute atomic E-state index is 11.9. The first-order valence-electron chi connectivity index (χ1n) is 6.80. The van der Waals surface area contributed by atoms with Gasteiger partial charge in [0, 0.05) is 12.1 Å². The van der Waals surface area contributed by atoms with Gasteiger partial charge in [0.1, 0.15) is 5.76 Å². The van der Waals surface area contributed by atoms with Gasteiger partial charge in [0.05, 0.1) is 19.3 Å². The Morgan fingerprint density at radius 3 is 2.90 bits per heavy atom. The summed E-state index contributed by atoms with van der Waals surface area (Å²) in [7, 11) is 1.38. The molecule has 0 aliphatic heterocycles. The highest BCUT2D eigenvalue weighted by Gasteiger charge is 2.32. The van der Waals surface area contributed by atoms with Crippen LogP contribution in [-0.2, 0) is 14.3 Å². The third-order valence-electron chi connectivity index (χ3n) is 3.54. The molecule has 1 fully saturated rings. The van der Waals surface area contributed by atoms with Gasteiger partial charge in [0.2, 0.25) is 5.91 Å². The fourth-order valence-electron chi connectivity index (χ4n) is 2.51. The van der Waals surface area contributed by atoms with Gasteiger partial charge in [0.15, 0.2) is 0 Å². The Morgan fingerprint density at radius 2 is 2.20 bits per heavy atom. The van der Waals surface area contributed by atoms with Gasteiger partial charge in [0.25, 0.3) is 0 Å². The average molecular weight is 277 g/mol. The van der Waals surface area contributed by atoms with E-state index in [9.17, 15) is 9.59 Å². The molecule has 1 saturated carbocycles. The molecule has 0 unspecified atom stereocenters. The number of furan rings is 1. The molecule has 1 amide bonds. The molecule has 0 radical (unpaired) electrons. The Kier molecular flexibility index (Phi) is 4.98. The van der Waals surface area contributed by atoms with E-state index in [4.69, 9.17) is 9.15 Å². The van der Waals surface area contributed by atoms with Gasteiger partial charge in [-0.15, -0.1) is 0 Å². The second kappa shape index (κ2) is 6.93. The van der Waals surface area contributed by atoms with E-state index in [1.807, 2.05) is 0 Å². The topological polar surface area (TPSA) is 68.5 Å². The number of ether oxygens (including phenoxy) is 1. The normalized spacial score (nSPS) is 22.6. The third kappa shape index (κ3) is 3.73. The van der Waals surface area contributed by atoms with Crippen molar-refractivity contribution in [2.24, 2.45) is 5.92 Å². The highest BCUT2D eigenvalue weighted by Crippen LogP contribution is 2.25. The lowest BCUT2D eigenvalue weighted by Gasteiger charge is -2.29. The van der Waals surface area contributed by atoms with Crippen LogP contribution in [0.25, 0.3) is 6.08 Å². The van der Waals surface area contributed by atoms with E-state index in [1.54, 1.807) is 24.5 Å². The van der Waals surface area contributed by atoms with Crippen LogP contribution < -0.4 is 5.32 Å². The molecule has 108 valence electrons. The maximum atomic E-state index is 11.9. The van der Waals surface area contributed by atoms with Gasteiger partial charge >= 0.3 is 5.97 Å². The lowest BCUT2D eigenvalue weighted by atomic mass is 9.84. The van der Waals surface area contributed by atoms with Crippen LogP contribution in [0.2, 0.25) is 0 Å². The summed E-state index contributed by atoms with van der Waals surface area (Å²) in [5, 5.41) is 2.88. The summed E-state index contributed by atoms with van der Waals surface area (Å²) in [5.41, 5.74) is 0. The molecule has 0 spiro atoms. The molecular weight excluding hydrogens is 258 g/mol. The lowest BCUT2D eigenvalue weighted by Crippen LogP contribution is -2.44. The monoisotopic (exact) mass is 277 g/mol. The number of rotatable bonds is 4. The smallest absolute Gasteiger partial charge is 0.310 e. The van der Waals surface area contributed by atoms with Crippen molar-refractivity contribution in [2.45, 2.75) is 31.7 Å². The second-order valence-corrected chi connectivity index (χ2v) is 4.88. The molecule has 1 heterocycles. The van der Waals surface area contributed by atoms with Crippen LogP contribution in [-0.4, -0.2) is 25.0 Å². The van der Waals surface area contributed by atoms with Crippen LogP contribution in [0.1, 0.15) is 31.4 Å². The minimum atomic E-state index is -0.245. The van der Waals surface area contributed by atoms with Crippen molar-refractivity contribution in [3.05, 3.63) is 30.2 Å². The molecule has 5 nitrogen and oxygen atoms in total. The van der Waals surface area contributed by atoms with Gasteiger partial charge in [-0.2, -0.15) is 0 Å². The van der Waals surface area contributed by atoms with Crippen LogP contribution in [0.4, 0.5) is 0 Å². The third-order valence-corrected chi connectivity index (χ3v) is 3.54. The molecule has 2 rings (SSSR count). The van der Waals surface area contributed by atoms with Gasteiger partial charge in [-0.05, 0) is 31.1 Å². The number of methoxy groups -OCH3 is 1. The van der Waals surface area contributed by atoms with Gasteiger partial charge < -0.3 is 14.5 Å². The number of esters is 1. The van der Waals surface area contributed by atoms with Crippen molar-refractivity contribution in [2.75, 3.05) is 7.11 Å². The second-order valence-electron chi connectivity index (χ2n) is 4.88. The predicted octanol–water partition coefficient (Wildman–Crippen LogP) is 2.14. The van der Waals surface area contributed by atoms with Crippen LogP contribution in [0, 0.1) is 5.92 Å². The van der Waals surface area contributed by atoms with Gasteiger partial charge in [-0.1, -0.05) is 12.8 Å². The first-order valence-corrected chi connectivity index (χ1v) is 6.80. The maximum Gasteiger partial charge on any atom is 0.310 e. The highest BCUT2D eigenvalue weighted by molar-refractivity contribution is 5.92. The van der Waals surface area contributed by atoms with Crippen molar-refractivity contribution < 1.29 is 18.7 Å². The van der Waals surface area contributed by atoms with E-state index in [1.165, 1.54) is 13.2 Å². The number of carbonyl (C=O) groups excluding carboxylic acids is 2. The molecule has 1 aromatic rings.